The molecule has 0 radical (unpaired) electrons. The molecule has 7 heteroatoms. The Kier molecular flexibility index (Phi) is 10.5. The van der Waals surface area contributed by atoms with Crippen molar-refractivity contribution in [2.45, 2.75) is 0 Å². The highest BCUT2D eigenvalue weighted by Gasteiger charge is 1.61. The van der Waals surface area contributed by atoms with Gasteiger partial charge in [-0.15, -0.1) is 0 Å². The highest BCUT2D eigenvalue weighted by Crippen LogP contribution is 1.61. The molecule has 1 unspecified atom stereocenters. The van der Waals surface area contributed by atoms with Crippen molar-refractivity contribution in [2.75, 3.05) is 0 Å². The maximum Gasteiger partial charge on any atom is 0.0903 e. The SMILES string of the molecule is O.O=S([O-])(O)=S.[ClH2+]. The summed E-state index contributed by atoms with van der Waals surface area (Å²) < 4.78 is 25.3. The molecule has 0 aliphatic rings. The van der Waals surface area contributed by atoms with Crippen LogP contribution in [0.2, 0.25) is 0 Å². The van der Waals surface area contributed by atoms with Gasteiger partial charge in [0.05, 0.1) is 21.5 Å². The largest absolute Gasteiger partial charge is 0.748 e. The zero-order chi connectivity index (χ0) is 4.50. The predicted octanol–water partition coefficient (Wildman–Crippen LogP) is -2.02. The average Bonchev–Trinajstić information content (AvgIpc) is 0.722. The van der Waals surface area contributed by atoms with Gasteiger partial charge in [0.25, 0.3) is 0 Å². The molecule has 0 spiro atoms. The lowest BCUT2D eigenvalue weighted by Gasteiger charge is -1.93. The first kappa shape index (κ1) is 15.6. The van der Waals surface area contributed by atoms with Crippen LogP contribution in [0.25, 0.3) is 0 Å². The van der Waals surface area contributed by atoms with Crippen molar-refractivity contribution in [3.8, 4) is 0 Å². The van der Waals surface area contributed by atoms with Crippen molar-refractivity contribution >= 4 is 20.2 Å². The summed E-state index contributed by atoms with van der Waals surface area (Å²) in [4.78, 5) is 0. The Morgan fingerprint density at radius 2 is 1.71 bits per heavy atom. The van der Waals surface area contributed by atoms with Gasteiger partial charge in [-0.05, 0) is 11.2 Å². The molecule has 0 aliphatic heterocycles. The second kappa shape index (κ2) is 4.69. The van der Waals surface area contributed by atoms with E-state index in [-0.39, 0.29) is 17.9 Å². The van der Waals surface area contributed by atoms with E-state index >= 15 is 0 Å². The van der Waals surface area contributed by atoms with E-state index in [1.807, 2.05) is 0 Å². The summed E-state index contributed by atoms with van der Waals surface area (Å²) in [6.45, 7) is 0. The van der Waals surface area contributed by atoms with Gasteiger partial charge in [0.15, 0.2) is 0 Å². The second-order valence-corrected chi connectivity index (χ2v) is 2.55. The summed E-state index contributed by atoms with van der Waals surface area (Å²) in [5.41, 5.74) is 0. The molecule has 0 aromatic rings. The number of hydrogen-bond acceptors (Lipinski definition) is 3. The van der Waals surface area contributed by atoms with Crippen LogP contribution in [0.4, 0.5) is 0 Å². The van der Waals surface area contributed by atoms with E-state index < -0.39 is 9.05 Å². The summed E-state index contributed by atoms with van der Waals surface area (Å²) in [6, 6.07) is 0. The van der Waals surface area contributed by atoms with Gasteiger partial charge in [-0.3, -0.25) is 0 Å². The highest BCUT2D eigenvalue weighted by atomic mass is 35.5. The van der Waals surface area contributed by atoms with Crippen molar-refractivity contribution in [1.82, 2.24) is 0 Å². The first-order valence-electron chi connectivity index (χ1n) is 0.683. The number of halogens is 1. The molecule has 7 heavy (non-hydrogen) atoms. The van der Waals surface area contributed by atoms with E-state index in [0.717, 1.165) is 0 Å². The fourth-order valence-corrected chi connectivity index (χ4v) is 0. The van der Waals surface area contributed by atoms with Gasteiger partial charge < -0.3 is 14.6 Å². The number of rotatable bonds is 0. The summed E-state index contributed by atoms with van der Waals surface area (Å²) in [5, 5.41) is 0. The fourth-order valence-electron chi connectivity index (χ4n) is 0. The third-order valence-corrected chi connectivity index (χ3v) is 0. The minimum absolute atomic E-state index is 0. The molecule has 0 rings (SSSR count). The normalized spacial score (nSPS) is 15.1. The van der Waals surface area contributed by atoms with E-state index in [0.29, 0.717) is 0 Å². The smallest absolute Gasteiger partial charge is 0.0903 e. The first-order valence-corrected chi connectivity index (χ1v) is 3.05. The molecule has 48 valence electrons. The Hall–Kier alpha value is 0.540. The molecule has 1 atom stereocenters. The molecule has 0 bridgehead atoms. The van der Waals surface area contributed by atoms with Gasteiger partial charge in [0.2, 0.25) is 0 Å². The molecule has 0 fully saturated rings. The van der Waals surface area contributed by atoms with Gasteiger partial charge in [0.1, 0.15) is 0 Å². The van der Waals surface area contributed by atoms with Gasteiger partial charge in [-0.25, -0.2) is 4.21 Å². The van der Waals surface area contributed by atoms with Crippen LogP contribution in [0.5, 0.6) is 0 Å². The molecule has 0 saturated heterocycles. The van der Waals surface area contributed by atoms with Crippen molar-refractivity contribution in [3.05, 3.63) is 0 Å². The van der Waals surface area contributed by atoms with E-state index in [1.165, 1.54) is 0 Å². The molecule has 0 aromatic carbocycles. The van der Waals surface area contributed by atoms with E-state index in [2.05, 4.69) is 11.2 Å². The maximum atomic E-state index is 9.00. The van der Waals surface area contributed by atoms with Crippen LogP contribution in [-0.4, -0.2) is 18.8 Å². The van der Waals surface area contributed by atoms with Gasteiger partial charge in [-0.1, -0.05) is 0 Å². The number of hydrogen-bond donors (Lipinski definition) is 1. The minimum Gasteiger partial charge on any atom is -0.748 e. The van der Waals surface area contributed by atoms with Gasteiger partial charge in [0, 0.05) is 0 Å². The quantitative estimate of drug-likeness (QED) is 0.452. The summed E-state index contributed by atoms with van der Waals surface area (Å²) >= 11 is 3.35. The predicted molar refractivity (Wildman–Crippen MR) is 25.3 cm³/mol. The standard InChI is InChI=1S/ClH2.H2O3S2.H2O/c;1-5(2,3)4;/h1H2;(H2,1,2,3,4);1H2/q+1;;/p-1. The van der Waals surface area contributed by atoms with Crippen molar-refractivity contribution < 1.29 is 31.2 Å². The molecular weight excluding hydrogens is 164 g/mol. The lowest BCUT2D eigenvalue weighted by atomic mass is 15.8. The highest BCUT2D eigenvalue weighted by molar-refractivity contribution is 8.26. The van der Waals surface area contributed by atoms with Crippen LogP contribution in [0, 0.1) is 12.4 Å². The lowest BCUT2D eigenvalue weighted by molar-refractivity contribution is -0.00000661. The molecule has 4 nitrogen and oxygen atoms in total. The monoisotopic (exact) mass is 168 g/mol. The van der Waals surface area contributed by atoms with Crippen LogP contribution >= 0.6 is 0 Å². The Labute approximate surface area is 52.0 Å². The van der Waals surface area contributed by atoms with Crippen LogP contribution in [0.1, 0.15) is 0 Å². The Morgan fingerprint density at radius 3 is 1.71 bits per heavy atom. The molecule has 3 N–H and O–H groups in total. The van der Waals surface area contributed by atoms with Crippen LogP contribution < -0.4 is 0 Å². The lowest BCUT2D eigenvalue weighted by Crippen LogP contribution is -1.87. The Balaban J connectivity index is -0.0000000800. The molecule has 0 aliphatic carbocycles. The molecule has 0 aromatic heterocycles. The van der Waals surface area contributed by atoms with E-state index in [1.54, 1.807) is 0 Å². The van der Waals surface area contributed by atoms with Crippen molar-refractivity contribution in [1.29, 1.82) is 0 Å². The third kappa shape index (κ3) is 462. The molecular formula is H5ClO4S2. The summed E-state index contributed by atoms with van der Waals surface area (Å²) in [7, 11) is -4.08. The average molecular weight is 169 g/mol. The zero-order valence-electron chi connectivity index (χ0n) is 3.03. The van der Waals surface area contributed by atoms with Crippen molar-refractivity contribution in [2.24, 2.45) is 0 Å². The van der Waals surface area contributed by atoms with Gasteiger partial charge >= 0.3 is 0 Å². The maximum absolute atomic E-state index is 9.00. The van der Waals surface area contributed by atoms with Crippen LogP contribution in [0.3, 0.4) is 0 Å². The van der Waals surface area contributed by atoms with E-state index in [4.69, 9.17) is 13.3 Å². The van der Waals surface area contributed by atoms with Crippen molar-refractivity contribution in [3.63, 3.8) is 0 Å². The summed E-state index contributed by atoms with van der Waals surface area (Å²) in [5.74, 6) is 0. The Morgan fingerprint density at radius 1 is 1.71 bits per heavy atom. The minimum atomic E-state index is -4.08. The third-order valence-electron chi connectivity index (χ3n) is 0. The second-order valence-electron chi connectivity index (χ2n) is 0.428. The Bertz CT molecular complexity index is 92.9. The fraction of sp³-hybridized carbons (Fsp3) is 0. The van der Waals surface area contributed by atoms with Gasteiger partial charge in [-0.2, -0.15) is 0 Å². The van der Waals surface area contributed by atoms with Crippen LogP contribution in [-0.2, 0) is 20.2 Å². The first-order chi connectivity index (χ1) is 2.00. The molecule has 0 saturated carbocycles. The zero-order valence-corrected chi connectivity index (χ0v) is 5.55. The molecule has 0 amide bonds. The summed E-state index contributed by atoms with van der Waals surface area (Å²) in [6.07, 6.45) is 0. The molecule has 0 heterocycles. The van der Waals surface area contributed by atoms with E-state index in [9.17, 15) is 0 Å². The topological polar surface area (TPSA) is 91.9 Å². The van der Waals surface area contributed by atoms with Crippen LogP contribution in [0.15, 0.2) is 0 Å².